The quantitative estimate of drug-likeness (QED) is 0.869. The van der Waals surface area contributed by atoms with Gasteiger partial charge in [0.25, 0.3) is 0 Å². The molecule has 1 heterocycles. The molecule has 1 aliphatic heterocycles. The summed E-state index contributed by atoms with van der Waals surface area (Å²) in [5, 5.41) is 3.27. The van der Waals surface area contributed by atoms with Crippen molar-refractivity contribution in [2.24, 2.45) is 0 Å². The largest absolute Gasteiger partial charge is 0.385 e. The maximum atomic E-state index is 12.4. The summed E-state index contributed by atoms with van der Waals surface area (Å²) in [6.07, 6.45) is 1.94. The third-order valence-corrected chi connectivity index (χ3v) is 4.94. The molecule has 6 heteroatoms. The fraction of sp³-hybridized carbons (Fsp3) is 0.571. The van der Waals surface area contributed by atoms with Crippen LogP contribution in [0.1, 0.15) is 25.8 Å². The Morgan fingerprint density at radius 1 is 1.40 bits per heavy atom. The van der Waals surface area contributed by atoms with E-state index < -0.39 is 15.6 Å². The third-order valence-electron chi connectivity index (χ3n) is 3.24. The molecule has 1 aliphatic rings. The highest BCUT2D eigenvalue weighted by Gasteiger charge is 2.26. The summed E-state index contributed by atoms with van der Waals surface area (Å²) in [7, 11) is -1.98. The van der Waals surface area contributed by atoms with E-state index in [1.165, 1.54) is 0 Å². The molecule has 5 nitrogen and oxygen atoms in total. The van der Waals surface area contributed by atoms with Crippen molar-refractivity contribution in [1.82, 2.24) is 4.72 Å². The van der Waals surface area contributed by atoms with Crippen LogP contribution in [0.15, 0.2) is 23.1 Å². The first-order valence-corrected chi connectivity index (χ1v) is 8.22. The van der Waals surface area contributed by atoms with Gasteiger partial charge in [-0.2, -0.15) is 0 Å². The van der Waals surface area contributed by atoms with Crippen LogP contribution in [0.4, 0.5) is 5.69 Å². The predicted molar refractivity (Wildman–Crippen MR) is 79.5 cm³/mol. The zero-order chi connectivity index (χ0) is 14.8. The Labute approximate surface area is 120 Å². The zero-order valence-corrected chi connectivity index (χ0v) is 13.0. The van der Waals surface area contributed by atoms with E-state index in [4.69, 9.17) is 4.74 Å². The van der Waals surface area contributed by atoms with Gasteiger partial charge in [-0.3, -0.25) is 0 Å². The lowest BCUT2D eigenvalue weighted by Gasteiger charge is -2.25. The molecule has 0 bridgehead atoms. The standard InChI is InChI=1S/C14H22N2O3S/c1-14(2,10-19-3)16-20(17,18)12-6-7-13-11(9-12)5-4-8-15-13/h6-7,9,15-16H,4-5,8,10H2,1-3H3. The molecule has 0 spiro atoms. The number of methoxy groups -OCH3 is 1. The van der Waals surface area contributed by atoms with Crippen molar-refractivity contribution < 1.29 is 13.2 Å². The number of benzene rings is 1. The van der Waals surface area contributed by atoms with Gasteiger partial charge in [-0.1, -0.05) is 0 Å². The first kappa shape index (κ1) is 15.3. The van der Waals surface area contributed by atoms with Gasteiger partial charge in [0, 0.05) is 19.3 Å². The normalized spacial score (nSPS) is 15.6. The van der Waals surface area contributed by atoms with Crippen LogP contribution in [0.3, 0.4) is 0 Å². The fourth-order valence-electron chi connectivity index (χ4n) is 2.43. The van der Waals surface area contributed by atoms with E-state index in [0.29, 0.717) is 11.5 Å². The van der Waals surface area contributed by atoms with Gasteiger partial charge in [0.1, 0.15) is 0 Å². The number of fused-ring (bicyclic) bond motifs is 1. The smallest absolute Gasteiger partial charge is 0.241 e. The van der Waals surface area contributed by atoms with Crippen molar-refractivity contribution in [3.63, 3.8) is 0 Å². The summed E-state index contributed by atoms with van der Waals surface area (Å²) < 4.78 is 32.6. The molecule has 0 radical (unpaired) electrons. The lowest BCUT2D eigenvalue weighted by molar-refractivity contribution is 0.141. The minimum absolute atomic E-state index is 0.309. The molecule has 112 valence electrons. The Hall–Kier alpha value is -1.11. The van der Waals surface area contributed by atoms with Crippen LogP contribution in [-0.4, -0.2) is 34.2 Å². The third kappa shape index (κ3) is 3.50. The topological polar surface area (TPSA) is 67.4 Å². The number of aryl methyl sites for hydroxylation is 1. The second-order valence-corrected chi connectivity index (χ2v) is 7.45. The van der Waals surface area contributed by atoms with Gasteiger partial charge >= 0.3 is 0 Å². The number of anilines is 1. The molecule has 2 N–H and O–H groups in total. The number of sulfonamides is 1. The minimum atomic E-state index is -3.53. The maximum absolute atomic E-state index is 12.4. The summed E-state index contributed by atoms with van der Waals surface area (Å²) >= 11 is 0. The average Bonchev–Trinajstić information content (AvgIpc) is 2.36. The summed E-state index contributed by atoms with van der Waals surface area (Å²) in [6.45, 7) is 4.86. The molecule has 0 saturated carbocycles. The molecular formula is C14H22N2O3S. The Morgan fingerprint density at radius 3 is 2.85 bits per heavy atom. The van der Waals surface area contributed by atoms with Gasteiger partial charge in [-0.15, -0.1) is 0 Å². The van der Waals surface area contributed by atoms with Crippen molar-refractivity contribution in [1.29, 1.82) is 0 Å². The van der Waals surface area contributed by atoms with Crippen molar-refractivity contribution in [2.75, 3.05) is 25.6 Å². The first-order valence-electron chi connectivity index (χ1n) is 6.74. The molecule has 1 aromatic carbocycles. The van der Waals surface area contributed by atoms with E-state index in [0.717, 1.165) is 30.6 Å². The van der Waals surface area contributed by atoms with Crippen molar-refractivity contribution in [3.8, 4) is 0 Å². The molecule has 0 unspecified atom stereocenters. The fourth-order valence-corrected chi connectivity index (χ4v) is 3.88. The molecule has 2 rings (SSSR count). The lowest BCUT2D eigenvalue weighted by atomic mass is 10.0. The summed E-state index contributed by atoms with van der Waals surface area (Å²) in [6, 6.07) is 5.24. The first-order chi connectivity index (χ1) is 9.34. The van der Waals surface area contributed by atoms with E-state index in [-0.39, 0.29) is 0 Å². The van der Waals surface area contributed by atoms with Gasteiger partial charge in [0.15, 0.2) is 0 Å². The van der Waals surface area contributed by atoms with E-state index in [1.54, 1.807) is 33.1 Å². The number of hydrogen-bond acceptors (Lipinski definition) is 4. The molecule has 1 aromatic rings. The van der Waals surface area contributed by atoms with Crippen molar-refractivity contribution in [3.05, 3.63) is 23.8 Å². The van der Waals surface area contributed by atoms with Crippen LogP contribution in [-0.2, 0) is 21.2 Å². The van der Waals surface area contributed by atoms with Crippen LogP contribution in [0.5, 0.6) is 0 Å². The summed E-state index contributed by atoms with van der Waals surface area (Å²) in [4.78, 5) is 0.309. The number of rotatable bonds is 5. The van der Waals surface area contributed by atoms with Crippen LogP contribution in [0.25, 0.3) is 0 Å². The predicted octanol–water partition coefficient (Wildman–Crippen LogP) is 1.75. The van der Waals surface area contributed by atoms with E-state index in [1.807, 2.05) is 6.07 Å². The number of hydrogen-bond donors (Lipinski definition) is 2. The lowest BCUT2D eigenvalue weighted by Crippen LogP contribution is -2.46. The Bertz CT molecular complexity index is 582. The Morgan fingerprint density at radius 2 is 2.15 bits per heavy atom. The van der Waals surface area contributed by atoms with Crippen LogP contribution in [0, 0.1) is 0 Å². The Balaban J connectivity index is 2.26. The molecule has 0 aliphatic carbocycles. The highest BCUT2D eigenvalue weighted by molar-refractivity contribution is 7.89. The van der Waals surface area contributed by atoms with Crippen molar-refractivity contribution in [2.45, 2.75) is 37.1 Å². The molecule has 20 heavy (non-hydrogen) atoms. The van der Waals surface area contributed by atoms with Crippen LogP contribution >= 0.6 is 0 Å². The van der Waals surface area contributed by atoms with Gasteiger partial charge < -0.3 is 10.1 Å². The maximum Gasteiger partial charge on any atom is 0.241 e. The summed E-state index contributed by atoms with van der Waals surface area (Å²) in [5.41, 5.74) is 1.46. The number of nitrogens with one attached hydrogen (secondary N) is 2. The minimum Gasteiger partial charge on any atom is -0.385 e. The summed E-state index contributed by atoms with van der Waals surface area (Å²) in [5.74, 6) is 0. The molecular weight excluding hydrogens is 276 g/mol. The Kier molecular flexibility index (Phi) is 4.36. The van der Waals surface area contributed by atoms with Crippen LogP contribution < -0.4 is 10.0 Å². The van der Waals surface area contributed by atoms with E-state index in [2.05, 4.69) is 10.0 Å². The second kappa shape index (κ2) is 5.71. The molecule has 0 amide bonds. The van der Waals surface area contributed by atoms with Gasteiger partial charge in [-0.25, -0.2) is 13.1 Å². The highest BCUT2D eigenvalue weighted by Crippen LogP contribution is 2.25. The van der Waals surface area contributed by atoms with Gasteiger partial charge in [-0.05, 0) is 50.5 Å². The molecule has 0 atom stereocenters. The number of ether oxygens (including phenoxy) is 1. The van der Waals surface area contributed by atoms with Gasteiger partial charge in [0.2, 0.25) is 10.0 Å². The molecule has 0 fully saturated rings. The molecule has 0 aromatic heterocycles. The average molecular weight is 298 g/mol. The van der Waals surface area contributed by atoms with E-state index in [9.17, 15) is 8.42 Å². The van der Waals surface area contributed by atoms with E-state index >= 15 is 0 Å². The highest BCUT2D eigenvalue weighted by atomic mass is 32.2. The van der Waals surface area contributed by atoms with Crippen molar-refractivity contribution >= 4 is 15.7 Å². The van der Waals surface area contributed by atoms with Gasteiger partial charge in [0.05, 0.1) is 17.0 Å². The zero-order valence-electron chi connectivity index (χ0n) is 12.2. The second-order valence-electron chi connectivity index (χ2n) is 5.77. The molecule has 0 saturated heterocycles. The van der Waals surface area contributed by atoms with Crippen LogP contribution in [0.2, 0.25) is 0 Å². The SMILES string of the molecule is COCC(C)(C)NS(=O)(=O)c1ccc2c(c1)CCCN2. The monoisotopic (exact) mass is 298 g/mol.